The van der Waals surface area contributed by atoms with Crippen LogP contribution >= 0.6 is 0 Å². The number of nitrogens with zero attached hydrogens (tertiary/aromatic N) is 3. The third-order valence-corrected chi connectivity index (χ3v) is 4.67. The zero-order valence-electron chi connectivity index (χ0n) is 13.9. The highest BCUT2D eigenvalue weighted by Crippen LogP contribution is 2.20. The topological polar surface area (TPSA) is 42.2 Å². The van der Waals surface area contributed by atoms with Gasteiger partial charge in [0, 0.05) is 18.0 Å². The lowest BCUT2D eigenvalue weighted by Gasteiger charge is -2.33. The van der Waals surface area contributed by atoms with Gasteiger partial charge in [0.15, 0.2) is 0 Å². The standard InChI is InChI=1S/C18H24FN3O/c1-13-8-9-15(12-16(13)19)18-20-17(23-21-18)7-5-11-22-10-4-3-6-14(22)2/h8-9,12,14H,3-7,10-11H2,1-2H3. The highest BCUT2D eigenvalue weighted by molar-refractivity contribution is 5.54. The van der Waals surface area contributed by atoms with Crippen LogP contribution in [0.3, 0.4) is 0 Å². The second-order valence-electron chi connectivity index (χ2n) is 6.46. The fraction of sp³-hybridized carbons (Fsp3) is 0.556. The van der Waals surface area contributed by atoms with E-state index < -0.39 is 0 Å². The van der Waals surface area contributed by atoms with Gasteiger partial charge in [0.1, 0.15) is 5.82 Å². The van der Waals surface area contributed by atoms with Crippen LogP contribution in [0, 0.1) is 12.7 Å². The van der Waals surface area contributed by atoms with E-state index >= 15 is 0 Å². The minimum atomic E-state index is -0.243. The molecular weight excluding hydrogens is 293 g/mol. The summed E-state index contributed by atoms with van der Waals surface area (Å²) in [7, 11) is 0. The molecule has 1 aromatic carbocycles. The third-order valence-electron chi connectivity index (χ3n) is 4.67. The lowest BCUT2D eigenvalue weighted by Crippen LogP contribution is -2.38. The highest BCUT2D eigenvalue weighted by atomic mass is 19.1. The van der Waals surface area contributed by atoms with Crippen LogP contribution in [0.5, 0.6) is 0 Å². The van der Waals surface area contributed by atoms with E-state index in [9.17, 15) is 4.39 Å². The van der Waals surface area contributed by atoms with Gasteiger partial charge >= 0.3 is 0 Å². The summed E-state index contributed by atoms with van der Waals surface area (Å²) in [6.07, 6.45) is 5.72. The molecule has 124 valence electrons. The number of hydrogen-bond donors (Lipinski definition) is 0. The zero-order chi connectivity index (χ0) is 16.2. The normalized spacial score (nSPS) is 19.2. The Bertz CT molecular complexity index is 655. The molecule has 1 atom stereocenters. The second-order valence-corrected chi connectivity index (χ2v) is 6.46. The van der Waals surface area contributed by atoms with Gasteiger partial charge in [-0.15, -0.1) is 0 Å². The average molecular weight is 317 g/mol. The van der Waals surface area contributed by atoms with Crippen molar-refractivity contribution in [3.8, 4) is 11.4 Å². The Morgan fingerprint density at radius 3 is 3.00 bits per heavy atom. The fourth-order valence-electron chi connectivity index (χ4n) is 3.13. The average Bonchev–Trinajstić information content (AvgIpc) is 3.01. The van der Waals surface area contributed by atoms with Crippen LogP contribution in [0.1, 0.15) is 44.1 Å². The maximum absolute atomic E-state index is 13.6. The first-order valence-corrected chi connectivity index (χ1v) is 8.46. The number of likely N-dealkylation sites (tertiary alicyclic amines) is 1. The molecule has 1 aromatic heterocycles. The predicted molar refractivity (Wildman–Crippen MR) is 87.6 cm³/mol. The van der Waals surface area contributed by atoms with Gasteiger partial charge in [-0.2, -0.15) is 4.98 Å². The van der Waals surface area contributed by atoms with Crippen molar-refractivity contribution >= 4 is 0 Å². The van der Waals surface area contributed by atoms with Gasteiger partial charge in [0.05, 0.1) is 0 Å². The van der Waals surface area contributed by atoms with Crippen LogP contribution in [0.2, 0.25) is 0 Å². The van der Waals surface area contributed by atoms with E-state index in [4.69, 9.17) is 4.52 Å². The molecule has 0 N–H and O–H groups in total. The number of piperidine rings is 1. The zero-order valence-corrected chi connectivity index (χ0v) is 13.9. The summed E-state index contributed by atoms with van der Waals surface area (Å²) in [5.74, 6) is 0.851. The molecule has 1 saturated heterocycles. The lowest BCUT2D eigenvalue weighted by molar-refractivity contribution is 0.158. The van der Waals surface area contributed by atoms with Crippen LogP contribution in [0.15, 0.2) is 22.7 Å². The summed E-state index contributed by atoms with van der Waals surface area (Å²) in [5, 5.41) is 3.97. The summed E-state index contributed by atoms with van der Waals surface area (Å²) in [4.78, 5) is 6.93. The van der Waals surface area contributed by atoms with Crippen molar-refractivity contribution in [2.24, 2.45) is 0 Å². The first-order chi connectivity index (χ1) is 11.1. The van der Waals surface area contributed by atoms with Crippen molar-refractivity contribution < 1.29 is 8.91 Å². The smallest absolute Gasteiger partial charge is 0.227 e. The molecule has 23 heavy (non-hydrogen) atoms. The molecule has 0 radical (unpaired) electrons. The first kappa shape index (κ1) is 16.1. The molecular formula is C18H24FN3O. The summed E-state index contributed by atoms with van der Waals surface area (Å²) in [6, 6.07) is 5.69. The van der Waals surface area contributed by atoms with Gasteiger partial charge in [-0.05, 0) is 57.8 Å². The Balaban J connectivity index is 1.55. The van der Waals surface area contributed by atoms with Gasteiger partial charge in [-0.25, -0.2) is 4.39 Å². The molecule has 2 aromatic rings. The van der Waals surface area contributed by atoms with Crippen molar-refractivity contribution in [2.45, 2.75) is 52.0 Å². The van der Waals surface area contributed by atoms with Crippen molar-refractivity contribution in [2.75, 3.05) is 13.1 Å². The minimum absolute atomic E-state index is 0.243. The number of rotatable bonds is 5. The van der Waals surface area contributed by atoms with Gasteiger partial charge in [0.25, 0.3) is 0 Å². The van der Waals surface area contributed by atoms with Crippen LogP contribution < -0.4 is 0 Å². The Morgan fingerprint density at radius 1 is 1.35 bits per heavy atom. The van der Waals surface area contributed by atoms with Crippen molar-refractivity contribution in [1.29, 1.82) is 0 Å². The predicted octanol–water partition coefficient (Wildman–Crippen LogP) is 3.99. The Labute approximate surface area is 136 Å². The molecule has 3 rings (SSSR count). The summed E-state index contributed by atoms with van der Waals surface area (Å²) < 4.78 is 18.9. The second kappa shape index (κ2) is 7.21. The Kier molecular flexibility index (Phi) is 5.06. The molecule has 5 heteroatoms. The number of aromatic nitrogens is 2. The molecule has 1 unspecified atom stereocenters. The molecule has 0 amide bonds. The summed E-state index contributed by atoms with van der Waals surface area (Å²) in [5.41, 5.74) is 1.28. The minimum Gasteiger partial charge on any atom is -0.339 e. The van der Waals surface area contributed by atoms with E-state index in [2.05, 4.69) is 22.0 Å². The maximum Gasteiger partial charge on any atom is 0.227 e. The monoisotopic (exact) mass is 317 g/mol. The maximum atomic E-state index is 13.6. The van der Waals surface area contributed by atoms with Crippen LogP contribution in [0.4, 0.5) is 4.39 Å². The molecule has 1 fully saturated rings. The number of hydrogen-bond acceptors (Lipinski definition) is 4. The van der Waals surface area contributed by atoms with Gasteiger partial charge in [-0.3, -0.25) is 0 Å². The fourth-order valence-corrected chi connectivity index (χ4v) is 3.13. The number of halogens is 1. The summed E-state index contributed by atoms with van der Waals surface area (Å²) in [6.45, 7) is 6.30. The number of aryl methyl sites for hydroxylation is 2. The molecule has 4 nitrogen and oxygen atoms in total. The largest absolute Gasteiger partial charge is 0.339 e. The molecule has 0 aliphatic carbocycles. The van der Waals surface area contributed by atoms with Crippen molar-refractivity contribution in [1.82, 2.24) is 15.0 Å². The van der Waals surface area contributed by atoms with Gasteiger partial charge < -0.3 is 9.42 Å². The van der Waals surface area contributed by atoms with E-state index in [-0.39, 0.29) is 5.82 Å². The lowest BCUT2D eigenvalue weighted by atomic mass is 10.0. The highest BCUT2D eigenvalue weighted by Gasteiger charge is 2.18. The molecule has 2 heterocycles. The van der Waals surface area contributed by atoms with E-state index in [1.165, 1.54) is 31.9 Å². The van der Waals surface area contributed by atoms with Crippen LogP contribution in [0.25, 0.3) is 11.4 Å². The first-order valence-electron chi connectivity index (χ1n) is 8.46. The number of benzene rings is 1. The SMILES string of the molecule is Cc1ccc(-c2noc(CCCN3CCCCC3C)n2)cc1F. The quantitative estimate of drug-likeness (QED) is 0.836. The van der Waals surface area contributed by atoms with Gasteiger partial charge in [0.2, 0.25) is 11.7 Å². The molecule has 0 saturated carbocycles. The summed E-state index contributed by atoms with van der Waals surface area (Å²) >= 11 is 0. The molecule has 1 aliphatic rings. The Hall–Kier alpha value is -1.75. The van der Waals surface area contributed by atoms with E-state index in [1.54, 1.807) is 13.0 Å². The molecule has 1 aliphatic heterocycles. The van der Waals surface area contributed by atoms with Crippen LogP contribution in [-0.4, -0.2) is 34.2 Å². The van der Waals surface area contributed by atoms with Crippen LogP contribution in [-0.2, 0) is 6.42 Å². The van der Waals surface area contributed by atoms with Crippen molar-refractivity contribution in [3.05, 3.63) is 35.5 Å². The van der Waals surface area contributed by atoms with Crippen molar-refractivity contribution in [3.63, 3.8) is 0 Å². The molecule has 0 spiro atoms. The van der Waals surface area contributed by atoms with E-state index in [0.29, 0.717) is 28.9 Å². The molecule has 0 bridgehead atoms. The Morgan fingerprint density at radius 2 is 2.22 bits per heavy atom. The van der Waals surface area contributed by atoms with E-state index in [0.717, 1.165) is 19.4 Å². The van der Waals surface area contributed by atoms with Gasteiger partial charge in [-0.1, -0.05) is 23.7 Å². The van der Waals surface area contributed by atoms with E-state index in [1.807, 2.05) is 6.07 Å². The third kappa shape index (κ3) is 3.96.